The second-order valence-corrected chi connectivity index (χ2v) is 9.48. The number of rotatable bonds is 4. The summed E-state index contributed by atoms with van der Waals surface area (Å²) in [4.78, 5) is 28.4. The maximum absolute atomic E-state index is 12.7. The topological polar surface area (TPSA) is 84.0 Å². The minimum Gasteiger partial charge on any atom is -0.449 e. The van der Waals surface area contributed by atoms with Gasteiger partial charge in [0, 0.05) is 19.7 Å². The smallest absolute Gasteiger partial charge is 0.414 e. The number of anilines is 2. The highest BCUT2D eigenvalue weighted by Gasteiger charge is 2.34. The maximum Gasteiger partial charge on any atom is 0.414 e. The Bertz CT molecular complexity index is 1060. The third-order valence-corrected chi connectivity index (χ3v) is 6.15. The first-order chi connectivity index (χ1) is 14.1. The predicted molar refractivity (Wildman–Crippen MR) is 117 cm³/mol. The molecule has 1 atom stereocenters. The van der Waals surface area contributed by atoms with Gasteiger partial charge in [-0.05, 0) is 48.7 Å². The van der Waals surface area contributed by atoms with Gasteiger partial charge in [-0.25, -0.2) is 13.2 Å². The standard InChI is InChI=1S/C22H26N2O5S/c1-5-12-29-22(26)23-14-15(2)24(16(3)25)20-11-8-18(13-21(20)23)17-6-9-19(10-7-17)30(4,27)28/h6-11,13,15H,5,12,14H2,1-4H3. The molecule has 2 aromatic rings. The lowest BCUT2D eigenvalue weighted by Gasteiger charge is -2.40. The lowest BCUT2D eigenvalue weighted by Crippen LogP contribution is -2.51. The van der Waals surface area contributed by atoms with Gasteiger partial charge >= 0.3 is 6.09 Å². The van der Waals surface area contributed by atoms with Gasteiger partial charge in [0.2, 0.25) is 5.91 Å². The second-order valence-electron chi connectivity index (χ2n) is 7.46. The van der Waals surface area contributed by atoms with Crippen LogP contribution >= 0.6 is 0 Å². The van der Waals surface area contributed by atoms with E-state index in [1.54, 1.807) is 34.1 Å². The molecule has 1 unspecified atom stereocenters. The fourth-order valence-corrected chi connectivity index (χ4v) is 4.25. The van der Waals surface area contributed by atoms with Gasteiger partial charge in [-0.2, -0.15) is 0 Å². The van der Waals surface area contributed by atoms with Crippen LogP contribution in [-0.2, 0) is 19.4 Å². The van der Waals surface area contributed by atoms with Crippen molar-refractivity contribution in [3.05, 3.63) is 42.5 Å². The number of carbonyl (C=O) groups is 2. The van der Waals surface area contributed by atoms with E-state index in [9.17, 15) is 18.0 Å². The van der Waals surface area contributed by atoms with Crippen LogP contribution in [0.5, 0.6) is 0 Å². The Kier molecular flexibility index (Phi) is 6.17. The number of ether oxygens (including phenoxy) is 1. The summed E-state index contributed by atoms with van der Waals surface area (Å²) in [6.45, 7) is 5.97. The van der Waals surface area contributed by atoms with Gasteiger partial charge in [-0.15, -0.1) is 0 Å². The van der Waals surface area contributed by atoms with E-state index in [0.29, 0.717) is 30.9 Å². The highest BCUT2D eigenvalue weighted by atomic mass is 32.2. The summed E-state index contributed by atoms with van der Waals surface area (Å²) in [5.74, 6) is -0.101. The van der Waals surface area contributed by atoms with E-state index in [4.69, 9.17) is 4.74 Å². The lowest BCUT2D eigenvalue weighted by atomic mass is 10.0. The van der Waals surface area contributed by atoms with Crippen molar-refractivity contribution >= 4 is 33.2 Å². The van der Waals surface area contributed by atoms with Gasteiger partial charge in [0.25, 0.3) is 0 Å². The van der Waals surface area contributed by atoms with Gasteiger partial charge in [0.1, 0.15) is 0 Å². The van der Waals surface area contributed by atoms with Gasteiger partial charge in [-0.1, -0.05) is 25.1 Å². The summed E-state index contributed by atoms with van der Waals surface area (Å²) in [5, 5.41) is 0. The number of hydrogen-bond acceptors (Lipinski definition) is 5. The van der Waals surface area contributed by atoms with E-state index in [2.05, 4.69) is 0 Å². The molecule has 1 aliphatic rings. The van der Waals surface area contributed by atoms with E-state index in [1.165, 1.54) is 6.92 Å². The molecular weight excluding hydrogens is 404 g/mol. The number of benzene rings is 2. The molecule has 2 amide bonds. The summed E-state index contributed by atoms with van der Waals surface area (Å²) in [6, 6.07) is 11.9. The van der Waals surface area contributed by atoms with Crippen molar-refractivity contribution in [3.63, 3.8) is 0 Å². The van der Waals surface area contributed by atoms with E-state index >= 15 is 0 Å². The van der Waals surface area contributed by atoms with Gasteiger partial charge in [0.15, 0.2) is 9.84 Å². The average Bonchev–Trinajstić information content (AvgIpc) is 2.70. The number of carbonyl (C=O) groups excluding carboxylic acids is 2. The van der Waals surface area contributed by atoms with Gasteiger partial charge in [-0.3, -0.25) is 9.69 Å². The van der Waals surface area contributed by atoms with E-state index in [-0.39, 0.29) is 16.8 Å². The van der Waals surface area contributed by atoms with Crippen LogP contribution in [0, 0.1) is 0 Å². The Balaban J connectivity index is 2.06. The molecule has 3 rings (SSSR count). The molecule has 1 aliphatic heterocycles. The molecule has 0 saturated heterocycles. The molecule has 0 aliphatic carbocycles. The molecule has 2 aromatic carbocycles. The zero-order valence-electron chi connectivity index (χ0n) is 17.6. The van der Waals surface area contributed by atoms with Crippen molar-refractivity contribution in [2.45, 2.75) is 38.1 Å². The maximum atomic E-state index is 12.7. The normalized spacial score (nSPS) is 16.2. The zero-order chi connectivity index (χ0) is 22.1. The lowest BCUT2D eigenvalue weighted by molar-refractivity contribution is -0.117. The molecule has 30 heavy (non-hydrogen) atoms. The van der Waals surface area contributed by atoms with Crippen LogP contribution in [0.1, 0.15) is 27.2 Å². The summed E-state index contributed by atoms with van der Waals surface area (Å²) in [6.07, 6.45) is 1.43. The fraction of sp³-hybridized carbons (Fsp3) is 0.364. The molecular formula is C22H26N2O5S. The summed E-state index contributed by atoms with van der Waals surface area (Å²) in [7, 11) is -3.28. The van der Waals surface area contributed by atoms with Gasteiger partial charge < -0.3 is 9.64 Å². The van der Waals surface area contributed by atoms with E-state index < -0.39 is 15.9 Å². The zero-order valence-corrected chi connectivity index (χ0v) is 18.4. The first-order valence-corrected chi connectivity index (χ1v) is 11.7. The SMILES string of the molecule is CCCOC(=O)N1CC(C)N(C(C)=O)c2ccc(-c3ccc(S(C)(=O)=O)cc3)cc21. The highest BCUT2D eigenvalue weighted by Crippen LogP contribution is 2.39. The molecule has 0 radical (unpaired) electrons. The van der Waals surface area contributed by atoms with Crippen LogP contribution in [0.2, 0.25) is 0 Å². The van der Waals surface area contributed by atoms with Crippen molar-refractivity contribution in [2.75, 3.05) is 29.2 Å². The quantitative estimate of drug-likeness (QED) is 0.735. The minimum absolute atomic E-state index is 0.101. The van der Waals surface area contributed by atoms with Gasteiger partial charge in [0.05, 0.1) is 28.9 Å². The minimum atomic E-state index is -3.28. The van der Waals surface area contributed by atoms with Crippen LogP contribution in [0.4, 0.5) is 16.2 Å². The van der Waals surface area contributed by atoms with E-state index in [0.717, 1.165) is 17.4 Å². The summed E-state index contributed by atoms with van der Waals surface area (Å²) < 4.78 is 28.8. The molecule has 160 valence electrons. The average molecular weight is 431 g/mol. The Morgan fingerprint density at radius 2 is 1.70 bits per heavy atom. The molecule has 0 bridgehead atoms. The van der Waals surface area contributed by atoms with Crippen LogP contribution in [0.25, 0.3) is 11.1 Å². The van der Waals surface area contributed by atoms with E-state index in [1.807, 2.05) is 32.0 Å². The van der Waals surface area contributed by atoms with Crippen molar-refractivity contribution in [1.29, 1.82) is 0 Å². The molecule has 8 heteroatoms. The third kappa shape index (κ3) is 4.33. The number of hydrogen-bond donors (Lipinski definition) is 0. The van der Waals surface area contributed by atoms with Crippen molar-refractivity contribution in [3.8, 4) is 11.1 Å². The van der Waals surface area contributed by atoms with Crippen LogP contribution < -0.4 is 9.80 Å². The Morgan fingerprint density at radius 3 is 2.27 bits per heavy atom. The molecule has 0 fully saturated rings. The fourth-order valence-electron chi connectivity index (χ4n) is 3.62. The first kappa shape index (κ1) is 21.8. The van der Waals surface area contributed by atoms with Crippen molar-refractivity contribution in [1.82, 2.24) is 0 Å². The molecule has 7 nitrogen and oxygen atoms in total. The molecule has 1 heterocycles. The molecule has 0 aromatic heterocycles. The molecule has 0 saturated carbocycles. The second kappa shape index (κ2) is 8.47. The predicted octanol–water partition coefficient (Wildman–Crippen LogP) is 3.87. The highest BCUT2D eigenvalue weighted by molar-refractivity contribution is 7.90. The number of fused-ring (bicyclic) bond motifs is 1. The first-order valence-electron chi connectivity index (χ1n) is 9.82. The van der Waals surface area contributed by atoms with Crippen molar-refractivity contribution in [2.24, 2.45) is 0 Å². The summed E-state index contributed by atoms with van der Waals surface area (Å²) in [5.41, 5.74) is 2.85. The Labute approximate surface area is 177 Å². The van der Waals surface area contributed by atoms with Crippen LogP contribution in [-0.4, -0.2) is 45.9 Å². The Hall–Kier alpha value is -2.87. The molecule has 0 N–H and O–H groups in total. The number of sulfone groups is 1. The third-order valence-electron chi connectivity index (χ3n) is 5.02. The largest absolute Gasteiger partial charge is 0.449 e. The number of nitrogens with zero attached hydrogens (tertiary/aromatic N) is 2. The monoisotopic (exact) mass is 430 g/mol. The van der Waals surface area contributed by atoms with Crippen LogP contribution in [0.15, 0.2) is 47.4 Å². The van der Waals surface area contributed by atoms with Crippen LogP contribution in [0.3, 0.4) is 0 Å². The number of amides is 2. The molecule has 0 spiro atoms. The Morgan fingerprint density at radius 1 is 1.07 bits per heavy atom. The van der Waals surface area contributed by atoms with Crippen molar-refractivity contribution < 1.29 is 22.7 Å². The summed E-state index contributed by atoms with van der Waals surface area (Å²) >= 11 is 0.